The Morgan fingerprint density at radius 1 is 1.15 bits per heavy atom. The largest absolute Gasteiger partial charge is 0.325 e. The second-order valence-electron chi connectivity index (χ2n) is 5.64. The number of carbonyl (C=O) groups excluding carboxylic acids is 1. The summed E-state index contributed by atoms with van der Waals surface area (Å²) in [4.78, 5) is 14.7. The van der Waals surface area contributed by atoms with Crippen molar-refractivity contribution in [2.75, 3.05) is 12.3 Å². The standard InChI is InChI=1S/C16H20FNOS/c17-14-8-6-13(7-9-14)16-18(10-11-20-16)15(19)12-4-2-1-3-5-12/h6-9,12,16H,1-5,10-11H2. The van der Waals surface area contributed by atoms with Gasteiger partial charge in [0.05, 0.1) is 0 Å². The minimum absolute atomic E-state index is 0.0741. The van der Waals surface area contributed by atoms with Crippen LogP contribution in [-0.4, -0.2) is 23.1 Å². The Balaban J connectivity index is 1.74. The summed E-state index contributed by atoms with van der Waals surface area (Å²) < 4.78 is 13.0. The molecule has 4 heteroatoms. The van der Waals surface area contributed by atoms with Crippen molar-refractivity contribution < 1.29 is 9.18 Å². The molecule has 1 atom stereocenters. The fraction of sp³-hybridized carbons (Fsp3) is 0.562. The molecular formula is C16H20FNOS. The molecule has 0 spiro atoms. The number of halogens is 1. The van der Waals surface area contributed by atoms with Crippen LogP contribution in [0.1, 0.15) is 43.0 Å². The van der Waals surface area contributed by atoms with Crippen LogP contribution >= 0.6 is 11.8 Å². The fourth-order valence-corrected chi connectivity index (χ4v) is 4.45. The Bertz CT molecular complexity index is 470. The zero-order valence-electron chi connectivity index (χ0n) is 11.6. The van der Waals surface area contributed by atoms with Crippen LogP contribution in [0.15, 0.2) is 24.3 Å². The topological polar surface area (TPSA) is 20.3 Å². The highest BCUT2D eigenvalue weighted by atomic mass is 32.2. The second kappa shape index (κ2) is 6.17. The van der Waals surface area contributed by atoms with Crippen LogP contribution in [0.3, 0.4) is 0 Å². The van der Waals surface area contributed by atoms with Gasteiger partial charge in [0.15, 0.2) is 0 Å². The van der Waals surface area contributed by atoms with Crippen LogP contribution < -0.4 is 0 Å². The minimum Gasteiger partial charge on any atom is -0.325 e. The van der Waals surface area contributed by atoms with E-state index in [4.69, 9.17) is 0 Å². The predicted molar refractivity (Wildman–Crippen MR) is 79.9 cm³/mol. The number of thioether (sulfide) groups is 1. The quantitative estimate of drug-likeness (QED) is 0.822. The van der Waals surface area contributed by atoms with Crippen LogP contribution in [0.5, 0.6) is 0 Å². The van der Waals surface area contributed by atoms with Gasteiger partial charge in [-0.05, 0) is 30.5 Å². The molecule has 1 saturated carbocycles. The highest BCUT2D eigenvalue weighted by Gasteiger charge is 2.34. The van der Waals surface area contributed by atoms with Gasteiger partial charge in [0.1, 0.15) is 11.2 Å². The molecule has 1 aliphatic carbocycles. The second-order valence-corrected chi connectivity index (χ2v) is 6.83. The van der Waals surface area contributed by atoms with Gasteiger partial charge in [-0.25, -0.2) is 4.39 Å². The van der Waals surface area contributed by atoms with E-state index in [2.05, 4.69) is 0 Å². The maximum atomic E-state index is 13.0. The van der Waals surface area contributed by atoms with E-state index in [-0.39, 0.29) is 17.1 Å². The average molecular weight is 293 g/mol. The van der Waals surface area contributed by atoms with Crippen molar-refractivity contribution in [1.82, 2.24) is 4.90 Å². The van der Waals surface area contributed by atoms with Crippen molar-refractivity contribution in [3.63, 3.8) is 0 Å². The molecule has 1 amide bonds. The number of hydrogen-bond acceptors (Lipinski definition) is 2. The highest BCUT2D eigenvalue weighted by molar-refractivity contribution is 7.99. The molecular weight excluding hydrogens is 273 g/mol. The number of hydrogen-bond donors (Lipinski definition) is 0. The van der Waals surface area contributed by atoms with Gasteiger partial charge in [0, 0.05) is 18.2 Å². The normalized spacial score (nSPS) is 24.1. The van der Waals surface area contributed by atoms with E-state index in [9.17, 15) is 9.18 Å². The lowest BCUT2D eigenvalue weighted by Gasteiger charge is -2.30. The average Bonchev–Trinajstić information content (AvgIpc) is 2.97. The molecule has 20 heavy (non-hydrogen) atoms. The highest BCUT2D eigenvalue weighted by Crippen LogP contribution is 2.40. The monoisotopic (exact) mass is 293 g/mol. The smallest absolute Gasteiger partial charge is 0.226 e. The molecule has 1 aromatic carbocycles. The third kappa shape index (κ3) is 2.85. The summed E-state index contributed by atoms with van der Waals surface area (Å²) in [5.41, 5.74) is 1.04. The predicted octanol–water partition coefficient (Wildman–Crippen LogP) is 3.98. The first-order valence-electron chi connectivity index (χ1n) is 7.43. The number of amides is 1. The van der Waals surface area contributed by atoms with Gasteiger partial charge < -0.3 is 4.90 Å². The number of nitrogens with zero attached hydrogens (tertiary/aromatic N) is 1. The Labute approximate surface area is 123 Å². The SMILES string of the molecule is O=C(C1CCCCC1)N1CCSC1c1ccc(F)cc1. The Kier molecular flexibility index (Phi) is 4.29. The lowest BCUT2D eigenvalue weighted by molar-refractivity contribution is -0.136. The molecule has 0 radical (unpaired) electrons. The van der Waals surface area contributed by atoms with Crippen molar-refractivity contribution in [2.45, 2.75) is 37.5 Å². The van der Waals surface area contributed by atoms with Crippen LogP contribution in [0.2, 0.25) is 0 Å². The molecule has 3 rings (SSSR count). The molecule has 0 N–H and O–H groups in total. The van der Waals surface area contributed by atoms with Gasteiger partial charge in [0.2, 0.25) is 5.91 Å². The summed E-state index contributed by atoms with van der Waals surface area (Å²) in [7, 11) is 0. The van der Waals surface area contributed by atoms with Gasteiger partial charge in [-0.15, -0.1) is 11.8 Å². The zero-order valence-corrected chi connectivity index (χ0v) is 12.4. The van der Waals surface area contributed by atoms with Crippen molar-refractivity contribution in [1.29, 1.82) is 0 Å². The van der Waals surface area contributed by atoms with Crippen molar-refractivity contribution in [3.05, 3.63) is 35.6 Å². The summed E-state index contributed by atoms with van der Waals surface area (Å²) in [5, 5.41) is 0.0741. The van der Waals surface area contributed by atoms with E-state index in [1.807, 2.05) is 4.90 Å². The van der Waals surface area contributed by atoms with Gasteiger partial charge in [0.25, 0.3) is 0 Å². The van der Waals surface area contributed by atoms with Gasteiger partial charge in [-0.3, -0.25) is 4.79 Å². The number of carbonyl (C=O) groups is 1. The van der Waals surface area contributed by atoms with Gasteiger partial charge >= 0.3 is 0 Å². The maximum Gasteiger partial charge on any atom is 0.226 e. The zero-order chi connectivity index (χ0) is 13.9. The molecule has 1 heterocycles. The van der Waals surface area contributed by atoms with E-state index < -0.39 is 0 Å². The molecule has 1 aliphatic heterocycles. The molecule has 1 saturated heterocycles. The van der Waals surface area contributed by atoms with Crippen molar-refractivity contribution in [2.24, 2.45) is 5.92 Å². The fourth-order valence-electron chi connectivity index (χ4n) is 3.18. The molecule has 108 valence electrons. The lowest BCUT2D eigenvalue weighted by Crippen LogP contribution is -2.36. The number of rotatable bonds is 2. The van der Waals surface area contributed by atoms with Gasteiger partial charge in [-0.2, -0.15) is 0 Å². The van der Waals surface area contributed by atoms with Gasteiger partial charge in [-0.1, -0.05) is 31.4 Å². The van der Waals surface area contributed by atoms with E-state index in [0.717, 1.165) is 30.7 Å². The summed E-state index contributed by atoms with van der Waals surface area (Å²) in [6, 6.07) is 6.58. The molecule has 0 aromatic heterocycles. The lowest BCUT2D eigenvalue weighted by atomic mass is 9.88. The Morgan fingerprint density at radius 2 is 1.85 bits per heavy atom. The summed E-state index contributed by atoms with van der Waals surface area (Å²) >= 11 is 1.78. The van der Waals surface area contributed by atoms with Crippen LogP contribution in [-0.2, 0) is 4.79 Å². The first-order valence-corrected chi connectivity index (χ1v) is 8.48. The summed E-state index contributed by atoms with van der Waals surface area (Å²) in [6.07, 6.45) is 5.70. The number of benzene rings is 1. The molecule has 2 nitrogen and oxygen atoms in total. The van der Waals surface area contributed by atoms with E-state index in [1.165, 1.54) is 31.4 Å². The molecule has 2 aliphatic rings. The van der Waals surface area contributed by atoms with E-state index in [1.54, 1.807) is 23.9 Å². The Morgan fingerprint density at radius 3 is 2.55 bits per heavy atom. The van der Waals surface area contributed by atoms with Crippen molar-refractivity contribution in [3.8, 4) is 0 Å². The van der Waals surface area contributed by atoms with Crippen LogP contribution in [0.25, 0.3) is 0 Å². The first kappa shape index (κ1) is 13.9. The maximum absolute atomic E-state index is 13.0. The van der Waals surface area contributed by atoms with Crippen molar-refractivity contribution >= 4 is 17.7 Å². The van der Waals surface area contributed by atoms with Crippen LogP contribution in [0, 0.1) is 11.7 Å². The Hall–Kier alpha value is -1.03. The molecule has 0 bridgehead atoms. The summed E-state index contributed by atoms with van der Waals surface area (Å²) in [6.45, 7) is 0.821. The van der Waals surface area contributed by atoms with Crippen LogP contribution in [0.4, 0.5) is 4.39 Å². The minimum atomic E-state index is -0.220. The molecule has 1 unspecified atom stereocenters. The first-order chi connectivity index (χ1) is 9.75. The third-order valence-corrected chi connectivity index (χ3v) is 5.54. The molecule has 1 aromatic rings. The van der Waals surface area contributed by atoms with E-state index >= 15 is 0 Å². The molecule has 2 fully saturated rings. The van der Waals surface area contributed by atoms with E-state index in [0.29, 0.717) is 5.91 Å². The summed E-state index contributed by atoms with van der Waals surface area (Å²) in [5.74, 6) is 1.27. The third-order valence-electron chi connectivity index (χ3n) is 4.28.